The summed E-state index contributed by atoms with van der Waals surface area (Å²) in [5.41, 5.74) is 1.19. The van der Waals surface area contributed by atoms with Crippen LogP contribution in [0.5, 0.6) is 0 Å². The van der Waals surface area contributed by atoms with Crippen LogP contribution in [0.3, 0.4) is 0 Å². The number of aliphatic hydroxyl groups excluding tert-OH is 1. The Hall–Kier alpha value is -4.48. The van der Waals surface area contributed by atoms with Gasteiger partial charge in [0, 0.05) is 25.7 Å². The fraction of sp³-hybridized carbons (Fsp3) is 0.318. The topological polar surface area (TPSA) is 128 Å². The SMILES string of the molecule is CO.CS(=O)(=O)NC(c1ccc(F)cc1)(c1ccc(F)cc1)[C@@H]1CCCN1.CS(=O)(=O)NC(c1ccc(F)cc1)(c1ccc(F)cc1)[C@@H]1CCCN1Cc1ccccc1. The summed E-state index contributed by atoms with van der Waals surface area (Å²) in [6, 6.07) is 32.7. The fourth-order valence-electron chi connectivity index (χ4n) is 8.31. The van der Waals surface area contributed by atoms with Gasteiger partial charge in [-0.25, -0.2) is 34.4 Å². The first-order chi connectivity index (χ1) is 28.1. The molecule has 15 heteroatoms. The lowest BCUT2D eigenvalue weighted by atomic mass is 9.76. The minimum Gasteiger partial charge on any atom is -0.400 e. The molecule has 0 radical (unpaired) electrons. The van der Waals surface area contributed by atoms with E-state index >= 15 is 0 Å². The molecular weight excluding hydrogens is 805 g/mol. The number of sulfonamides is 2. The Labute approximate surface area is 344 Å². The smallest absolute Gasteiger partial charge is 0.209 e. The maximum atomic E-state index is 13.8. The summed E-state index contributed by atoms with van der Waals surface area (Å²) < 4.78 is 110. The molecule has 0 aliphatic carbocycles. The second kappa shape index (κ2) is 19.7. The maximum absolute atomic E-state index is 13.8. The highest BCUT2D eigenvalue weighted by atomic mass is 32.2. The van der Waals surface area contributed by atoms with Gasteiger partial charge in [0.15, 0.2) is 0 Å². The number of hydrogen-bond donors (Lipinski definition) is 4. The number of rotatable bonds is 12. The molecule has 316 valence electrons. The van der Waals surface area contributed by atoms with Gasteiger partial charge in [0.2, 0.25) is 20.0 Å². The lowest BCUT2D eigenvalue weighted by Crippen LogP contribution is -2.58. The molecule has 2 fully saturated rings. The molecule has 7 rings (SSSR count). The van der Waals surface area contributed by atoms with Gasteiger partial charge in [-0.3, -0.25) is 4.90 Å². The van der Waals surface area contributed by atoms with Crippen molar-refractivity contribution in [1.82, 2.24) is 19.7 Å². The fourth-order valence-corrected chi connectivity index (χ4v) is 10.2. The molecule has 0 aromatic heterocycles. The van der Waals surface area contributed by atoms with Crippen molar-refractivity contribution in [3.05, 3.63) is 178 Å². The van der Waals surface area contributed by atoms with Crippen LogP contribution in [-0.2, 0) is 37.7 Å². The number of benzene rings is 5. The highest BCUT2D eigenvalue weighted by Crippen LogP contribution is 2.42. The van der Waals surface area contributed by atoms with Gasteiger partial charge in [-0.05, 0) is 115 Å². The van der Waals surface area contributed by atoms with Crippen molar-refractivity contribution < 1.29 is 39.5 Å². The lowest BCUT2D eigenvalue weighted by molar-refractivity contribution is 0.166. The predicted octanol–water partition coefficient (Wildman–Crippen LogP) is 6.54. The van der Waals surface area contributed by atoms with Crippen LogP contribution in [0.25, 0.3) is 0 Å². The van der Waals surface area contributed by atoms with Crippen LogP contribution >= 0.6 is 0 Å². The first-order valence-corrected chi connectivity index (χ1v) is 22.9. The molecule has 5 aromatic rings. The van der Waals surface area contributed by atoms with Crippen LogP contribution in [0, 0.1) is 23.3 Å². The molecule has 0 bridgehead atoms. The van der Waals surface area contributed by atoms with E-state index in [2.05, 4.69) is 19.7 Å². The average molecular weight is 855 g/mol. The summed E-state index contributed by atoms with van der Waals surface area (Å²) in [7, 11) is -6.31. The van der Waals surface area contributed by atoms with E-state index in [1.165, 1.54) is 48.5 Å². The van der Waals surface area contributed by atoms with E-state index in [0.717, 1.165) is 64.0 Å². The standard InChI is InChI=1S/C25H26F2N2O2S.C18H20F2N2O2S.CH4O/c1-32(30,31)28-25(20-9-13-22(26)14-10-20,21-11-15-23(27)16-12-21)24-8-5-17-29(24)18-19-6-3-2-4-7-19;1-25(23,24)22-18(17-3-2-12-21-17,13-4-8-15(19)9-5-13)14-6-10-16(20)11-7-14;1-2/h2-4,6-7,9-16,24,28H,5,8,17-18H2,1H3;4-11,17,21-22H,2-3,12H2,1H3;2H,1H3/t24-;17-;/m00./s1. The summed E-state index contributed by atoms with van der Waals surface area (Å²) >= 11 is 0. The van der Waals surface area contributed by atoms with Gasteiger partial charge in [0.25, 0.3) is 0 Å². The van der Waals surface area contributed by atoms with Crippen LogP contribution in [0.1, 0.15) is 53.5 Å². The van der Waals surface area contributed by atoms with Crippen molar-refractivity contribution in [2.24, 2.45) is 0 Å². The molecule has 0 saturated carbocycles. The van der Waals surface area contributed by atoms with Crippen molar-refractivity contribution >= 4 is 20.0 Å². The molecule has 59 heavy (non-hydrogen) atoms. The molecule has 2 atom stereocenters. The third-order valence-electron chi connectivity index (χ3n) is 10.6. The monoisotopic (exact) mass is 854 g/mol. The minimum absolute atomic E-state index is 0.238. The first kappa shape index (κ1) is 45.6. The number of halogens is 4. The average Bonchev–Trinajstić information content (AvgIpc) is 3.92. The number of hydrogen-bond acceptors (Lipinski definition) is 7. The zero-order valence-electron chi connectivity index (χ0n) is 33.1. The molecule has 0 amide bonds. The van der Waals surface area contributed by atoms with E-state index in [-0.39, 0.29) is 12.1 Å². The van der Waals surface area contributed by atoms with Crippen LogP contribution < -0.4 is 14.8 Å². The molecule has 2 aliphatic heterocycles. The van der Waals surface area contributed by atoms with Gasteiger partial charge < -0.3 is 10.4 Å². The Morgan fingerprint density at radius 1 is 0.593 bits per heavy atom. The molecule has 2 aliphatic rings. The number of aliphatic hydroxyl groups is 1. The largest absolute Gasteiger partial charge is 0.400 e. The third kappa shape index (κ3) is 11.2. The van der Waals surface area contributed by atoms with E-state index < -0.39 is 54.4 Å². The summed E-state index contributed by atoms with van der Waals surface area (Å²) in [5.74, 6) is -1.63. The molecule has 5 aromatic carbocycles. The van der Waals surface area contributed by atoms with Crippen LogP contribution in [0.15, 0.2) is 127 Å². The second-order valence-electron chi connectivity index (χ2n) is 14.7. The van der Waals surface area contributed by atoms with E-state index in [1.807, 2.05) is 30.3 Å². The highest BCUT2D eigenvalue weighted by Gasteiger charge is 2.49. The summed E-state index contributed by atoms with van der Waals surface area (Å²) in [5, 5.41) is 10.3. The van der Waals surface area contributed by atoms with Crippen molar-refractivity contribution in [3.8, 4) is 0 Å². The van der Waals surface area contributed by atoms with E-state index in [4.69, 9.17) is 5.11 Å². The normalized spacial score (nSPS) is 17.4. The van der Waals surface area contributed by atoms with Gasteiger partial charge in [-0.15, -0.1) is 0 Å². The van der Waals surface area contributed by atoms with Crippen molar-refractivity contribution in [2.75, 3.05) is 32.7 Å². The van der Waals surface area contributed by atoms with Gasteiger partial charge in [0.1, 0.15) is 23.3 Å². The van der Waals surface area contributed by atoms with Gasteiger partial charge in [-0.1, -0.05) is 78.9 Å². The van der Waals surface area contributed by atoms with Crippen molar-refractivity contribution in [3.63, 3.8) is 0 Å². The molecule has 2 heterocycles. The van der Waals surface area contributed by atoms with Crippen LogP contribution in [0.2, 0.25) is 0 Å². The number of nitrogens with one attached hydrogen (secondary N) is 3. The Morgan fingerprint density at radius 3 is 1.36 bits per heavy atom. The van der Waals surface area contributed by atoms with Gasteiger partial charge in [-0.2, -0.15) is 9.44 Å². The third-order valence-corrected chi connectivity index (χ3v) is 12.0. The van der Waals surface area contributed by atoms with Crippen molar-refractivity contribution in [1.29, 1.82) is 0 Å². The summed E-state index contributed by atoms with van der Waals surface area (Å²) in [6.07, 6.45) is 5.43. The van der Waals surface area contributed by atoms with Gasteiger partial charge in [0.05, 0.1) is 23.6 Å². The zero-order valence-corrected chi connectivity index (χ0v) is 34.7. The number of likely N-dealkylation sites (tertiary alicyclic amines) is 1. The molecule has 4 N–H and O–H groups in total. The highest BCUT2D eigenvalue weighted by molar-refractivity contribution is 7.89. The maximum Gasteiger partial charge on any atom is 0.209 e. The molecule has 0 spiro atoms. The predicted molar refractivity (Wildman–Crippen MR) is 222 cm³/mol. The second-order valence-corrected chi connectivity index (χ2v) is 18.2. The Bertz CT molecular complexity index is 2220. The quantitative estimate of drug-likeness (QED) is 0.105. The summed E-state index contributed by atoms with van der Waals surface area (Å²) in [4.78, 5) is 2.25. The number of nitrogens with zero attached hydrogens (tertiary/aromatic N) is 1. The molecule has 0 unspecified atom stereocenters. The Morgan fingerprint density at radius 2 is 0.983 bits per heavy atom. The first-order valence-electron chi connectivity index (χ1n) is 19.1. The van der Waals surface area contributed by atoms with E-state index in [1.54, 1.807) is 48.5 Å². The zero-order chi connectivity index (χ0) is 42.8. The van der Waals surface area contributed by atoms with E-state index in [9.17, 15) is 34.4 Å². The molecule has 2 saturated heterocycles. The molecule has 9 nitrogen and oxygen atoms in total. The van der Waals surface area contributed by atoms with Crippen molar-refractivity contribution in [2.45, 2.75) is 55.4 Å². The van der Waals surface area contributed by atoms with Gasteiger partial charge >= 0.3 is 0 Å². The lowest BCUT2D eigenvalue weighted by Gasteiger charge is -2.44. The summed E-state index contributed by atoms with van der Waals surface area (Å²) in [6.45, 7) is 2.18. The molecular formula is C44H50F4N4O5S2. The van der Waals surface area contributed by atoms with E-state index in [0.29, 0.717) is 28.8 Å². The van der Waals surface area contributed by atoms with Crippen LogP contribution in [0.4, 0.5) is 17.6 Å². The minimum atomic E-state index is -3.70. The van der Waals surface area contributed by atoms with Crippen LogP contribution in [-0.4, -0.2) is 71.6 Å². The Balaban J connectivity index is 0.000000221. The Kier molecular flexibility index (Phi) is 15.2.